The molecule has 0 amide bonds. The van der Waals surface area contributed by atoms with Crippen molar-refractivity contribution in [2.45, 2.75) is 25.7 Å². The molecule has 0 fully saturated rings. The molecule has 0 N–H and O–H groups in total. The third kappa shape index (κ3) is 3.95. The summed E-state index contributed by atoms with van der Waals surface area (Å²) in [5.41, 5.74) is 0.148. The molecule has 0 radical (unpaired) electrons. The number of methoxy groups -OCH3 is 2. The molecule has 0 aliphatic carbocycles. The monoisotopic (exact) mass is 318 g/mol. The zero-order valence-corrected chi connectivity index (χ0v) is 14.4. The normalized spacial score (nSPS) is 14.3. The third-order valence-corrected chi connectivity index (χ3v) is 4.11. The van der Waals surface area contributed by atoms with Gasteiger partial charge in [0.25, 0.3) is 0 Å². The van der Waals surface area contributed by atoms with E-state index in [1.54, 1.807) is 33.3 Å². The summed E-state index contributed by atoms with van der Waals surface area (Å²) in [4.78, 5) is 12.5. The van der Waals surface area contributed by atoms with Gasteiger partial charge in [0.1, 0.15) is 11.5 Å². The first kappa shape index (κ1) is 18.8. The van der Waals surface area contributed by atoms with E-state index in [2.05, 4.69) is 13.2 Å². The second-order valence-electron chi connectivity index (χ2n) is 5.38. The first-order chi connectivity index (χ1) is 11.0. The van der Waals surface area contributed by atoms with Gasteiger partial charge in [0, 0.05) is 11.0 Å². The van der Waals surface area contributed by atoms with Gasteiger partial charge in [-0.05, 0) is 31.5 Å². The number of ether oxygens (including phenoxy) is 3. The maximum atomic E-state index is 12.5. The molecule has 4 nitrogen and oxygen atoms in total. The molecule has 126 valence electrons. The van der Waals surface area contributed by atoms with Gasteiger partial charge < -0.3 is 14.2 Å². The fourth-order valence-corrected chi connectivity index (χ4v) is 2.67. The molecule has 1 unspecified atom stereocenters. The number of benzene rings is 1. The van der Waals surface area contributed by atoms with Gasteiger partial charge in [-0.1, -0.05) is 19.1 Å². The van der Waals surface area contributed by atoms with Crippen LogP contribution >= 0.6 is 0 Å². The van der Waals surface area contributed by atoms with Crippen LogP contribution in [0.5, 0.6) is 11.5 Å². The smallest absolute Gasteiger partial charge is 0.310 e. The third-order valence-electron chi connectivity index (χ3n) is 4.11. The molecule has 1 rings (SSSR count). The summed E-state index contributed by atoms with van der Waals surface area (Å²) in [5.74, 6) is 0.639. The van der Waals surface area contributed by atoms with Crippen LogP contribution in [0.2, 0.25) is 0 Å². The number of carbonyl (C=O) groups excluding carboxylic acids is 1. The van der Waals surface area contributed by atoms with Gasteiger partial charge in [-0.15, -0.1) is 13.2 Å². The quantitative estimate of drug-likeness (QED) is 0.511. The van der Waals surface area contributed by atoms with Crippen molar-refractivity contribution in [3.8, 4) is 11.5 Å². The fraction of sp³-hybridized carbons (Fsp3) is 0.421. The number of hydrogen-bond acceptors (Lipinski definition) is 4. The Hall–Kier alpha value is -2.23. The van der Waals surface area contributed by atoms with Crippen molar-refractivity contribution in [3.63, 3.8) is 0 Å². The maximum Gasteiger partial charge on any atom is 0.310 e. The first-order valence-electron chi connectivity index (χ1n) is 7.62. The number of esters is 1. The Bertz CT molecular complexity index is 564. The zero-order valence-electron chi connectivity index (χ0n) is 14.4. The van der Waals surface area contributed by atoms with Crippen molar-refractivity contribution in [2.75, 3.05) is 20.8 Å². The van der Waals surface area contributed by atoms with Gasteiger partial charge in [0.15, 0.2) is 0 Å². The minimum Gasteiger partial charge on any atom is -0.497 e. The molecule has 0 heterocycles. The van der Waals surface area contributed by atoms with E-state index in [0.29, 0.717) is 24.5 Å². The van der Waals surface area contributed by atoms with Crippen LogP contribution in [0.3, 0.4) is 0 Å². The average Bonchev–Trinajstić information content (AvgIpc) is 2.58. The van der Waals surface area contributed by atoms with Crippen LogP contribution in [-0.2, 0) is 14.9 Å². The van der Waals surface area contributed by atoms with Crippen LogP contribution in [0.4, 0.5) is 0 Å². The molecule has 4 heteroatoms. The molecular weight excluding hydrogens is 292 g/mol. The molecule has 0 saturated carbocycles. The molecule has 0 spiro atoms. The Balaban J connectivity index is 3.48. The Morgan fingerprint density at radius 1 is 1.30 bits per heavy atom. The molecule has 0 aliphatic heterocycles. The molecule has 0 aromatic heterocycles. The molecule has 1 aromatic carbocycles. The van der Waals surface area contributed by atoms with Crippen molar-refractivity contribution in [1.29, 1.82) is 0 Å². The van der Waals surface area contributed by atoms with Gasteiger partial charge in [-0.3, -0.25) is 4.79 Å². The number of allylic oxidation sites excluding steroid dienone is 2. The van der Waals surface area contributed by atoms with Crippen LogP contribution in [-0.4, -0.2) is 26.8 Å². The van der Waals surface area contributed by atoms with E-state index < -0.39 is 11.3 Å². The van der Waals surface area contributed by atoms with Gasteiger partial charge >= 0.3 is 5.97 Å². The standard InChI is InChI=1S/C19H26O4/c1-7-10-15(18(20)23-9-3)19(4,8-2)16-13-14(21-5)11-12-17(16)22-6/h7-8,11-13,15H,1-2,9-10H2,3-6H3/t15?,19-/m1/s1. The lowest BCUT2D eigenvalue weighted by molar-refractivity contribution is -0.149. The molecule has 0 bridgehead atoms. The topological polar surface area (TPSA) is 44.8 Å². The van der Waals surface area contributed by atoms with Crippen LogP contribution < -0.4 is 9.47 Å². The molecule has 0 aliphatic rings. The highest BCUT2D eigenvalue weighted by molar-refractivity contribution is 5.76. The van der Waals surface area contributed by atoms with Crippen molar-refractivity contribution in [3.05, 3.63) is 49.1 Å². The predicted molar refractivity (Wildman–Crippen MR) is 92.0 cm³/mol. The summed E-state index contributed by atoms with van der Waals surface area (Å²) in [6.45, 7) is 11.8. The average molecular weight is 318 g/mol. The lowest BCUT2D eigenvalue weighted by Crippen LogP contribution is -2.37. The van der Waals surface area contributed by atoms with Crippen molar-refractivity contribution in [2.24, 2.45) is 5.92 Å². The zero-order chi connectivity index (χ0) is 17.5. The minimum atomic E-state index is -0.680. The second kappa shape index (κ2) is 8.42. The van der Waals surface area contributed by atoms with Crippen molar-refractivity contribution < 1.29 is 19.0 Å². The summed E-state index contributed by atoms with van der Waals surface area (Å²) in [5, 5.41) is 0. The lowest BCUT2D eigenvalue weighted by Gasteiger charge is -2.34. The van der Waals surface area contributed by atoms with Crippen LogP contribution in [0.15, 0.2) is 43.5 Å². The number of hydrogen-bond donors (Lipinski definition) is 0. The molecule has 23 heavy (non-hydrogen) atoms. The fourth-order valence-electron chi connectivity index (χ4n) is 2.67. The highest BCUT2D eigenvalue weighted by atomic mass is 16.5. The predicted octanol–water partition coefficient (Wildman–Crippen LogP) is 3.90. The van der Waals surface area contributed by atoms with E-state index in [0.717, 1.165) is 5.56 Å². The largest absolute Gasteiger partial charge is 0.497 e. The van der Waals surface area contributed by atoms with E-state index in [1.165, 1.54) is 0 Å². The van der Waals surface area contributed by atoms with Crippen molar-refractivity contribution >= 4 is 5.97 Å². The van der Waals surface area contributed by atoms with Crippen LogP contribution in [0.1, 0.15) is 25.8 Å². The summed E-state index contributed by atoms with van der Waals surface area (Å²) in [6.07, 6.45) is 3.95. The summed E-state index contributed by atoms with van der Waals surface area (Å²) in [7, 11) is 3.20. The van der Waals surface area contributed by atoms with Gasteiger partial charge in [-0.2, -0.15) is 0 Å². The molecule has 2 atom stereocenters. The Morgan fingerprint density at radius 2 is 2.00 bits per heavy atom. The highest BCUT2D eigenvalue weighted by Gasteiger charge is 2.40. The minimum absolute atomic E-state index is 0.278. The van der Waals surface area contributed by atoms with E-state index in [9.17, 15) is 4.79 Å². The van der Waals surface area contributed by atoms with Crippen molar-refractivity contribution in [1.82, 2.24) is 0 Å². The van der Waals surface area contributed by atoms with Crippen LogP contribution in [0, 0.1) is 5.92 Å². The number of carbonyl (C=O) groups is 1. The Kier molecular flexibility index (Phi) is 6.89. The van der Waals surface area contributed by atoms with E-state index >= 15 is 0 Å². The molecular formula is C19H26O4. The van der Waals surface area contributed by atoms with Gasteiger partial charge in [-0.25, -0.2) is 0 Å². The van der Waals surface area contributed by atoms with Gasteiger partial charge in [0.2, 0.25) is 0 Å². The van der Waals surface area contributed by atoms with E-state index in [4.69, 9.17) is 14.2 Å². The first-order valence-corrected chi connectivity index (χ1v) is 7.62. The molecule has 1 aromatic rings. The summed E-state index contributed by atoms with van der Waals surface area (Å²) in [6, 6.07) is 5.51. The lowest BCUT2D eigenvalue weighted by atomic mass is 9.70. The van der Waals surface area contributed by atoms with Gasteiger partial charge in [0.05, 0.1) is 26.7 Å². The van der Waals surface area contributed by atoms with E-state index in [-0.39, 0.29) is 5.97 Å². The number of rotatable bonds is 9. The summed E-state index contributed by atoms with van der Waals surface area (Å²) < 4.78 is 16.0. The molecule has 0 saturated heterocycles. The van der Waals surface area contributed by atoms with E-state index in [1.807, 2.05) is 25.1 Å². The Morgan fingerprint density at radius 3 is 2.48 bits per heavy atom. The van der Waals surface area contributed by atoms with Crippen LogP contribution in [0.25, 0.3) is 0 Å². The SMILES string of the molecule is C=CCC(C(=O)OCC)[C@@](C)(C=C)c1cc(OC)ccc1OC. The highest BCUT2D eigenvalue weighted by Crippen LogP contribution is 2.42. The Labute approximate surface area is 138 Å². The summed E-state index contributed by atoms with van der Waals surface area (Å²) >= 11 is 0. The second-order valence-corrected chi connectivity index (χ2v) is 5.38. The maximum absolute atomic E-state index is 12.5.